The highest BCUT2D eigenvalue weighted by Gasteiger charge is 2.56. The van der Waals surface area contributed by atoms with Crippen molar-refractivity contribution in [1.82, 2.24) is 4.90 Å². The maximum absolute atomic E-state index is 13.1. The summed E-state index contributed by atoms with van der Waals surface area (Å²) in [5.74, 6) is 0. The van der Waals surface area contributed by atoms with Crippen LogP contribution in [0.15, 0.2) is 24.3 Å². The molecule has 2 heterocycles. The minimum atomic E-state index is -5.38. The van der Waals surface area contributed by atoms with E-state index in [1.807, 2.05) is 0 Å². The lowest BCUT2D eigenvalue weighted by molar-refractivity contribution is -0.0438. The zero-order chi connectivity index (χ0) is 17.8. The zero-order valence-corrected chi connectivity index (χ0v) is 14.5. The number of piperidine rings is 1. The van der Waals surface area contributed by atoms with E-state index in [-0.39, 0.29) is 12.2 Å². The molecule has 8 heteroatoms. The van der Waals surface area contributed by atoms with E-state index in [4.69, 9.17) is 0 Å². The van der Waals surface area contributed by atoms with Gasteiger partial charge < -0.3 is 4.90 Å². The average molecular weight is 362 g/mol. The van der Waals surface area contributed by atoms with Gasteiger partial charge in [0.2, 0.25) is 0 Å². The third-order valence-corrected chi connectivity index (χ3v) is 6.75. The van der Waals surface area contributed by atoms with Crippen LogP contribution in [0, 0.1) is 0 Å². The van der Waals surface area contributed by atoms with Gasteiger partial charge in [0, 0.05) is 18.0 Å². The summed E-state index contributed by atoms with van der Waals surface area (Å²) in [7, 11) is -5.38. The number of halogens is 3. The largest absolute Gasteiger partial charge is 0.516 e. The van der Waals surface area contributed by atoms with Crippen LogP contribution in [0.2, 0.25) is 0 Å². The van der Waals surface area contributed by atoms with E-state index in [1.165, 1.54) is 6.07 Å². The minimum Gasteiger partial charge on any atom is -0.301 e. The molecule has 4 nitrogen and oxygen atoms in total. The average Bonchev–Trinajstić information content (AvgIpc) is 2.82. The maximum atomic E-state index is 13.1. The molecule has 1 fully saturated rings. The fourth-order valence-corrected chi connectivity index (χ4v) is 4.91. The van der Waals surface area contributed by atoms with Crippen LogP contribution in [-0.2, 0) is 15.4 Å². The molecule has 24 heavy (non-hydrogen) atoms. The van der Waals surface area contributed by atoms with Crippen LogP contribution >= 0.6 is 0 Å². The van der Waals surface area contributed by atoms with Gasteiger partial charge in [-0.25, -0.2) is 0 Å². The molecular weight excluding hydrogens is 341 g/mol. The van der Waals surface area contributed by atoms with Crippen molar-refractivity contribution in [2.45, 2.75) is 43.7 Å². The predicted octanol–water partition coefficient (Wildman–Crippen LogP) is 3.10. The Balaban J connectivity index is 1.99. The topological polar surface area (TPSA) is 40.6 Å². The first kappa shape index (κ1) is 17.5. The van der Waals surface area contributed by atoms with Crippen LogP contribution in [0.1, 0.15) is 32.3 Å². The molecule has 1 aromatic rings. The van der Waals surface area contributed by atoms with Crippen molar-refractivity contribution in [1.29, 1.82) is 0 Å². The first-order chi connectivity index (χ1) is 11.1. The van der Waals surface area contributed by atoms with Gasteiger partial charge in [0.15, 0.2) is 0 Å². The lowest BCUT2D eigenvalue weighted by atomic mass is 9.74. The summed E-state index contributed by atoms with van der Waals surface area (Å²) in [5.41, 5.74) is -4.92. The summed E-state index contributed by atoms with van der Waals surface area (Å²) < 4.78 is 63.8. The molecule has 1 spiro atoms. The quantitative estimate of drug-likeness (QED) is 0.812. The van der Waals surface area contributed by atoms with Crippen molar-refractivity contribution in [2.24, 2.45) is 0 Å². The van der Waals surface area contributed by atoms with Crippen LogP contribution in [-0.4, -0.2) is 44.5 Å². The van der Waals surface area contributed by atoms with E-state index in [2.05, 4.69) is 18.7 Å². The number of likely N-dealkylation sites (tertiary alicyclic amines) is 1. The summed E-state index contributed by atoms with van der Waals surface area (Å²) >= 11 is 0. The Morgan fingerprint density at radius 2 is 1.71 bits per heavy atom. The van der Waals surface area contributed by atoms with Crippen molar-refractivity contribution in [3.05, 3.63) is 29.8 Å². The smallest absolute Gasteiger partial charge is 0.301 e. The minimum absolute atomic E-state index is 0.125. The van der Waals surface area contributed by atoms with Gasteiger partial charge in [-0.15, -0.1) is 0 Å². The first-order valence-electron chi connectivity index (χ1n) is 8.01. The molecule has 0 unspecified atom stereocenters. The number of nitrogens with zero attached hydrogens (tertiary/aromatic N) is 2. The van der Waals surface area contributed by atoms with Gasteiger partial charge in [-0.3, -0.25) is 4.31 Å². The first-order valence-corrected chi connectivity index (χ1v) is 9.45. The van der Waals surface area contributed by atoms with Gasteiger partial charge in [-0.2, -0.15) is 21.6 Å². The number of hydrogen-bond donors (Lipinski definition) is 0. The fraction of sp³-hybridized carbons (Fsp3) is 0.625. The predicted molar refractivity (Wildman–Crippen MR) is 86.4 cm³/mol. The van der Waals surface area contributed by atoms with Gasteiger partial charge in [-0.1, -0.05) is 18.2 Å². The number of fused-ring (bicyclic) bond motifs is 2. The Labute approximate surface area is 140 Å². The molecule has 2 aliphatic heterocycles. The van der Waals surface area contributed by atoms with E-state index in [9.17, 15) is 21.6 Å². The Morgan fingerprint density at radius 3 is 2.25 bits per heavy atom. The Hall–Kier alpha value is -1.28. The van der Waals surface area contributed by atoms with Crippen molar-refractivity contribution < 1.29 is 21.6 Å². The summed E-state index contributed by atoms with van der Waals surface area (Å²) in [4.78, 5) is 2.27. The second kappa shape index (κ2) is 5.62. The van der Waals surface area contributed by atoms with E-state index in [1.54, 1.807) is 18.2 Å². The third kappa shape index (κ3) is 2.60. The fourth-order valence-electron chi connectivity index (χ4n) is 3.82. The Bertz CT molecular complexity index is 723. The second-order valence-electron chi connectivity index (χ2n) is 6.88. The Kier molecular flexibility index (Phi) is 4.11. The molecule has 0 radical (unpaired) electrons. The number of para-hydroxylation sites is 1. The normalized spacial score (nSPS) is 21.5. The van der Waals surface area contributed by atoms with Gasteiger partial charge >= 0.3 is 15.5 Å². The standard InChI is InChI=1S/C16H21F3N2O2S/c1-12(2)20-9-7-15(8-10-20)11-21(24(22,23)16(17,18)19)14-6-4-3-5-13(14)15/h3-6,12H,7-11H2,1-2H3. The summed E-state index contributed by atoms with van der Waals surface area (Å²) in [6.07, 6.45) is 1.32. The van der Waals surface area contributed by atoms with Gasteiger partial charge in [0.05, 0.1) is 5.69 Å². The monoisotopic (exact) mass is 362 g/mol. The second-order valence-corrected chi connectivity index (χ2v) is 8.74. The number of sulfonamides is 1. The Morgan fingerprint density at radius 1 is 1.12 bits per heavy atom. The number of rotatable bonds is 2. The van der Waals surface area contributed by atoms with Gasteiger partial charge in [0.25, 0.3) is 0 Å². The molecule has 2 aliphatic rings. The highest BCUT2D eigenvalue weighted by Crippen LogP contribution is 2.49. The molecule has 0 bridgehead atoms. The summed E-state index contributed by atoms with van der Waals surface area (Å²) in [5, 5.41) is 0. The molecule has 3 rings (SSSR count). The molecular formula is C16H21F3N2O2S. The number of alkyl halides is 3. The molecule has 0 aliphatic carbocycles. The molecule has 134 valence electrons. The van der Waals surface area contributed by atoms with Gasteiger partial charge in [0.1, 0.15) is 0 Å². The molecule has 0 aromatic heterocycles. The molecule has 1 aromatic carbocycles. The molecule has 0 N–H and O–H groups in total. The summed E-state index contributed by atoms with van der Waals surface area (Å²) in [6.45, 7) is 5.56. The highest BCUT2D eigenvalue weighted by atomic mass is 32.2. The highest BCUT2D eigenvalue weighted by molar-refractivity contribution is 7.93. The third-order valence-electron chi connectivity index (χ3n) is 5.26. The lowest BCUT2D eigenvalue weighted by Gasteiger charge is -2.41. The van der Waals surface area contributed by atoms with Crippen LogP contribution in [0.5, 0.6) is 0 Å². The molecule has 0 amide bonds. The van der Waals surface area contributed by atoms with Crippen LogP contribution in [0.3, 0.4) is 0 Å². The van der Waals surface area contributed by atoms with Crippen molar-refractivity contribution in [3.63, 3.8) is 0 Å². The van der Waals surface area contributed by atoms with E-state index in [0.29, 0.717) is 23.2 Å². The number of benzene rings is 1. The summed E-state index contributed by atoms with van der Waals surface area (Å²) in [6, 6.07) is 6.96. The van der Waals surface area contributed by atoms with Crippen molar-refractivity contribution >= 4 is 15.7 Å². The van der Waals surface area contributed by atoms with Crippen LogP contribution in [0.25, 0.3) is 0 Å². The number of anilines is 1. The zero-order valence-electron chi connectivity index (χ0n) is 13.7. The maximum Gasteiger partial charge on any atom is 0.516 e. The SMILES string of the molecule is CC(C)N1CCC2(CC1)CN(S(=O)(=O)C(F)(F)F)c1ccccc12. The van der Waals surface area contributed by atoms with Crippen LogP contribution in [0.4, 0.5) is 18.9 Å². The molecule has 0 atom stereocenters. The number of hydrogen-bond acceptors (Lipinski definition) is 3. The van der Waals surface area contributed by atoms with Crippen molar-refractivity contribution in [2.75, 3.05) is 23.9 Å². The van der Waals surface area contributed by atoms with E-state index < -0.39 is 20.9 Å². The van der Waals surface area contributed by atoms with Crippen LogP contribution < -0.4 is 4.31 Å². The van der Waals surface area contributed by atoms with E-state index >= 15 is 0 Å². The molecule has 1 saturated heterocycles. The van der Waals surface area contributed by atoms with Gasteiger partial charge in [-0.05, 0) is 51.4 Å². The van der Waals surface area contributed by atoms with Crippen molar-refractivity contribution in [3.8, 4) is 0 Å². The molecule has 0 saturated carbocycles. The van der Waals surface area contributed by atoms with E-state index in [0.717, 1.165) is 18.7 Å². The lowest BCUT2D eigenvalue weighted by Crippen LogP contribution is -2.49.